The number of benzene rings is 1. The van der Waals surface area contributed by atoms with Gasteiger partial charge in [-0.15, -0.1) is 0 Å². The monoisotopic (exact) mass is 511 g/mol. The number of hydrogen-bond donors (Lipinski definition) is 1. The molecular formula is C23H30BrNO7. The van der Waals surface area contributed by atoms with Gasteiger partial charge in [0.2, 0.25) is 5.91 Å². The molecule has 8 nitrogen and oxygen atoms in total. The number of ether oxygens (including phenoxy) is 6. The fraction of sp³-hybridized carbons (Fsp3) is 0.609. The van der Waals surface area contributed by atoms with E-state index in [2.05, 4.69) is 33.1 Å². The summed E-state index contributed by atoms with van der Waals surface area (Å²) in [4.78, 5) is 11.1. The Morgan fingerprint density at radius 3 is 2.12 bits per heavy atom. The largest absolute Gasteiger partial charge is 0.490 e. The van der Waals surface area contributed by atoms with Crippen molar-refractivity contribution in [1.82, 2.24) is 5.32 Å². The van der Waals surface area contributed by atoms with Crippen molar-refractivity contribution in [2.24, 2.45) is 0 Å². The fourth-order valence-electron chi connectivity index (χ4n) is 3.23. The molecule has 2 saturated heterocycles. The molecule has 0 aliphatic carbocycles. The number of rotatable bonds is 7. The van der Waals surface area contributed by atoms with E-state index in [0.29, 0.717) is 43.5 Å². The van der Waals surface area contributed by atoms with Crippen LogP contribution in [0.25, 0.3) is 0 Å². The molecule has 32 heavy (non-hydrogen) atoms. The van der Waals surface area contributed by atoms with Crippen LogP contribution in [0.4, 0.5) is 0 Å². The fourth-order valence-corrected chi connectivity index (χ4v) is 3.66. The van der Waals surface area contributed by atoms with Crippen molar-refractivity contribution in [1.29, 1.82) is 0 Å². The summed E-state index contributed by atoms with van der Waals surface area (Å²) >= 11 is 3.55. The minimum absolute atomic E-state index is 0.140. The van der Waals surface area contributed by atoms with Crippen LogP contribution in [0.1, 0.15) is 40.2 Å². The number of nitrogens with one attached hydrogen (secondary N) is 1. The number of halogens is 1. The van der Waals surface area contributed by atoms with Crippen LogP contribution >= 0.6 is 15.9 Å². The van der Waals surface area contributed by atoms with Crippen LogP contribution in [0.2, 0.25) is 0 Å². The summed E-state index contributed by atoms with van der Waals surface area (Å²) in [5.74, 6) is 5.81. The Labute approximate surface area is 197 Å². The van der Waals surface area contributed by atoms with Crippen molar-refractivity contribution in [2.75, 3.05) is 33.0 Å². The maximum Gasteiger partial charge on any atom is 0.217 e. The summed E-state index contributed by atoms with van der Waals surface area (Å²) in [6.07, 6.45) is -0.340. The summed E-state index contributed by atoms with van der Waals surface area (Å²) in [5.41, 5.74) is 0.635. The minimum Gasteiger partial charge on any atom is -0.490 e. The van der Waals surface area contributed by atoms with Crippen molar-refractivity contribution in [2.45, 2.75) is 58.4 Å². The highest BCUT2D eigenvalue weighted by Gasteiger charge is 2.34. The molecule has 1 N–H and O–H groups in total. The lowest BCUT2D eigenvalue weighted by Crippen LogP contribution is -2.25. The first kappa shape index (κ1) is 24.8. The van der Waals surface area contributed by atoms with Crippen LogP contribution in [-0.2, 0) is 23.7 Å². The lowest BCUT2D eigenvalue weighted by molar-refractivity contribution is -0.142. The van der Waals surface area contributed by atoms with Gasteiger partial charge in [0.1, 0.15) is 36.9 Å². The maximum atomic E-state index is 11.1. The molecule has 2 aliphatic heterocycles. The molecule has 1 aromatic rings. The summed E-state index contributed by atoms with van der Waals surface area (Å²) < 4.78 is 35.5. The molecule has 0 radical (unpaired) electrons. The van der Waals surface area contributed by atoms with Crippen LogP contribution in [0.3, 0.4) is 0 Å². The topological polar surface area (TPSA) is 84.5 Å². The van der Waals surface area contributed by atoms with Gasteiger partial charge in [0.25, 0.3) is 0 Å². The average Bonchev–Trinajstić information content (AvgIpc) is 3.23. The Bertz CT molecular complexity index is 890. The van der Waals surface area contributed by atoms with Gasteiger partial charge >= 0.3 is 0 Å². The van der Waals surface area contributed by atoms with E-state index >= 15 is 0 Å². The molecule has 3 rings (SSSR count). The van der Waals surface area contributed by atoms with E-state index < -0.39 is 11.6 Å². The van der Waals surface area contributed by atoms with E-state index in [0.717, 1.165) is 4.47 Å². The molecular weight excluding hydrogens is 482 g/mol. The van der Waals surface area contributed by atoms with Crippen molar-refractivity contribution >= 4 is 21.8 Å². The molecule has 0 aromatic heterocycles. The van der Waals surface area contributed by atoms with E-state index in [1.54, 1.807) is 6.07 Å². The molecule has 2 atom stereocenters. The van der Waals surface area contributed by atoms with Gasteiger partial charge < -0.3 is 33.7 Å². The molecule has 0 bridgehead atoms. The van der Waals surface area contributed by atoms with Gasteiger partial charge in [-0.1, -0.05) is 11.8 Å². The van der Waals surface area contributed by atoms with Gasteiger partial charge in [-0.05, 0) is 49.7 Å². The predicted molar refractivity (Wildman–Crippen MR) is 121 cm³/mol. The molecule has 2 unspecified atom stereocenters. The molecule has 9 heteroatoms. The molecule has 176 valence electrons. The Balaban J connectivity index is 1.71. The van der Waals surface area contributed by atoms with Crippen LogP contribution in [0.5, 0.6) is 11.5 Å². The summed E-state index contributed by atoms with van der Waals surface area (Å²) in [6.45, 7) is 10.7. The molecule has 0 saturated carbocycles. The van der Waals surface area contributed by atoms with Gasteiger partial charge in [0.15, 0.2) is 11.6 Å². The first-order valence-corrected chi connectivity index (χ1v) is 11.3. The lowest BCUT2D eigenvalue weighted by atomic mass is 10.2. The van der Waals surface area contributed by atoms with E-state index in [9.17, 15) is 4.79 Å². The second-order valence-corrected chi connectivity index (χ2v) is 9.37. The maximum absolute atomic E-state index is 11.1. The third-order valence-electron chi connectivity index (χ3n) is 4.67. The molecule has 2 aliphatic rings. The zero-order valence-corrected chi connectivity index (χ0v) is 20.7. The van der Waals surface area contributed by atoms with E-state index in [-0.39, 0.29) is 24.7 Å². The van der Waals surface area contributed by atoms with Crippen LogP contribution < -0.4 is 14.8 Å². The second kappa shape index (κ2) is 10.4. The molecule has 1 amide bonds. The van der Waals surface area contributed by atoms with Crippen molar-refractivity contribution in [3.63, 3.8) is 0 Å². The highest BCUT2D eigenvalue weighted by atomic mass is 79.9. The zero-order chi connectivity index (χ0) is 23.4. The van der Waals surface area contributed by atoms with E-state index in [1.165, 1.54) is 6.92 Å². The van der Waals surface area contributed by atoms with Gasteiger partial charge in [0, 0.05) is 13.0 Å². The van der Waals surface area contributed by atoms with Crippen LogP contribution in [0, 0.1) is 11.8 Å². The molecule has 2 heterocycles. The predicted octanol–water partition coefficient (Wildman–Crippen LogP) is 3.00. The second-order valence-electron chi connectivity index (χ2n) is 8.51. The van der Waals surface area contributed by atoms with Gasteiger partial charge in [-0.25, -0.2) is 0 Å². The highest BCUT2D eigenvalue weighted by molar-refractivity contribution is 9.10. The van der Waals surface area contributed by atoms with Gasteiger partial charge in [0.05, 0.1) is 29.8 Å². The Kier molecular flexibility index (Phi) is 8.06. The lowest BCUT2D eigenvalue weighted by Gasteiger charge is -2.19. The first-order chi connectivity index (χ1) is 15.0. The standard InChI is InChI=1S/C23H30BrNO7/c1-15(26)25-8-6-7-16-9-21(28-12-18-14-30-23(4,5)32-18)19(24)10-20(16)27-11-17-13-29-22(2,3)31-17/h9-10,17-18H,8,11-14H2,1-5H3,(H,25,26). The molecule has 2 fully saturated rings. The number of carbonyl (C=O) groups excluding carboxylic acids is 1. The Morgan fingerprint density at radius 1 is 1.06 bits per heavy atom. The van der Waals surface area contributed by atoms with Gasteiger partial charge in [-0.2, -0.15) is 0 Å². The normalized spacial score (nSPS) is 23.3. The number of carbonyl (C=O) groups is 1. The van der Waals surface area contributed by atoms with Crippen molar-refractivity contribution in [3.8, 4) is 23.3 Å². The average molecular weight is 512 g/mol. The number of amides is 1. The summed E-state index contributed by atoms with van der Waals surface area (Å²) in [5, 5.41) is 2.66. The Hall–Kier alpha value is -1.83. The van der Waals surface area contributed by atoms with Crippen LogP contribution in [0.15, 0.2) is 16.6 Å². The zero-order valence-electron chi connectivity index (χ0n) is 19.1. The molecule has 0 spiro atoms. The minimum atomic E-state index is -0.617. The smallest absolute Gasteiger partial charge is 0.217 e. The quantitative estimate of drug-likeness (QED) is 0.563. The van der Waals surface area contributed by atoms with Crippen molar-refractivity contribution in [3.05, 3.63) is 22.2 Å². The molecule has 1 aromatic carbocycles. The first-order valence-electron chi connectivity index (χ1n) is 10.5. The third kappa shape index (κ3) is 7.36. The Morgan fingerprint density at radius 2 is 1.62 bits per heavy atom. The van der Waals surface area contributed by atoms with E-state index in [4.69, 9.17) is 28.4 Å². The van der Waals surface area contributed by atoms with E-state index in [1.807, 2.05) is 33.8 Å². The van der Waals surface area contributed by atoms with Crippen molar-refractivity contribution < 1.29 is 33.2 Å². The highest BCUT2D eigenvalue weighted by Crippen LogP contribution is 2.34. The summed E-state index contributed by atoms with van der Waals surface area (Å²) in [7, 11) is 0. The van der Waals surface area contributed by atoms with Gasteiger partial charge in [-0.3, -0.25) is 4.79 Å². The summed E-state index contributed by atoms with van der Waals surface area (Å²) in [6, 6.07) is 3.62. The number of hydrogen-bond acceptors (Lipinski definition) is 7. The SMILES string of the molecule is CC(=O)NCC#Cc1cc(OCC2COC(C)(C)O2)c(Br)cc1OCC1COC(C)(C)O1. The van der Waals surface area contributed by atoms with Crippen LogP contribution in [-0.4, -0.2) is 62.7 Å². The third-order valence-corrected chi connectivity index (χ3v) is 5.29.